The summed E-state index contributed by atoms with van der Waals surface area (Å²) < 4.78 is 5.51. The molecule has 0 bridgehead atoms. The number of aliphatic hydroxyl groups is 2. The molecule has 530 valence electrons. The summed E-state index contributed by atoms with van der Waals surface area (Å²) in [6, 6.07) is -0.625. The van der Waals surface area contributed by atoms with Crippen LogP contribution in [0.4, 0.5) is 0 Å². The van der Waals surface area contributed by atoms with Gasteiger partial charge in [-0.3, -0.25) is 9.59 Å². The molecular formula is C83H163NO5. The Balaban J connectivity index is 3.33. The molecule has 0 aliphatic rings. The van der Waals surface area contributed by atoms with Gasteiger partial charge in [-0.25, -0.2) is 0 Å². The lowest BCUT2D eigenvalue weighted by molar-refractivity contribution is -0.143. The predicted molar refractivity (Wildman–Crippen MR) is 394 cm³/mol. The minimum Gasteiger partial charge on any atom is -0.466 e. The molecule has 0 aromatic heterocycles. The molecule has 3 N–H and O–H groups in total. The number of nitrogens with one attached hydrogen (secondary N) is 1. The number of carbonyl (C=O) groups is 2. The number of hydrogen-bond donors (Lipinski definition) is 3. The first kappa shape index (κ1) is 87.6. The van der Waals surface area contributed by atoms with Gasteiger partial charge in [0.05, 0.1) is 25.4 Å². The second-order valence-corrected chi connectivity index (χ2v) is 28.8. The van der Waals surface area contributed by atoms with E-state index in [2.05, 4.69) is 19.2 Å². The molecule has 0 fully saturated rings. The van der Waals surface area contributed by atoms with Crippen molar-refractivity contribution in [2.45, 2.75) is 495 Å². The molecule has 6 nitrogen and oxygen atoms in total. The Bertz CT molecular complexity index is 1350. The lowest BCUT2D eigenvalue weighted by Crippen LogP contribution is -2.45. The van der Waals surface area contributed by atoms with Crippen LogP contribution >= 0.6 is 0 Å². The number of ether oxygens (including phenoxy) is 1. The molecule has 0 saturated heterocycles. The summed E-state index contributed by atoms with van der Waals surface area (Å²) in [4.78, 5) is 24.7. The molecule has 0 rings (SSSR count). The Morgan fingerprint density at radius 2 is 0.517 bits per heavy atom. The number of hydrogen-bond acceptors (Lipinski definition) is 5. The Kier molecular flexibility index (Phi) is 77.8. The van der Waals surface area contributed by atoms with Crippen molar-refractivity contribution in [3.05, 3.63) is 12.2 Å². The zero-order valence-electron chi connectivity index (χ0n) is 61.0. The van der Waals surface area contributed by atoms with Gasteiger partial charge in [0.25, 0.3) is 0 Å². The molecule has 0 aliphatic heterocycles. The van der Waals surface area contributed by atoms with Gasteiger partial charge in [-0.15, -0.1) is 0 Å². The van der Waals surface area contributed by atoms with Crippen LogP contribution < -0.4 is 5.32 Å². The number of carbonyl (C=O) groups excluding carboxylic acids is 2. The van der Waals surface area contributed by atoms with Crippen molar-refractivity contribution in [1.82, 2.24) is 5.32 Å². The molecule has 0 aliphatic carbocycles. The van der Waals surface area contributed by atoms with Gasteiger partial charge in [0.2, 0.25) is 5.91 Å². The third kappa shape index (κ3) is 75.5. The van der Waals surface area contributed by atoms with Crippen molar-refractivity contribution in [2.75, 3.05) is 13.2 Å². The maximum absolute atomic E-state index is 12.6. The Labute approximate surface area is 559 Å². The van der Waals surface area contributed by atoms with E-state index < -0.39 is 12.1 Å². The van der Waals surface area contributed by atoms with Crippen LogP contribution in [0, 0.1) is 0 Å². The van der Waals surface area contributed by atoms with Crippen LogP contribution in [0.3, 0.4) is 0 Å². The first-order valence-corrected chi connectivity index (χ1v) is 41.5. The molecule has 0 heterocycles. The lowest BCUT2D eigenvalue weighted by Gasteiger charge is -2.20. The molecule has 89 heavy (non-hydrogen) atoms. The summed E-state index contributed by atoms with van der Waals surface area (Å²) in [5.74, 6) is -0.0310. The third-order valence-electron chi connectivity index (χ3n) is 19.8. The van der Waals surface area contributed by atoms with Crippen LogP contribution in [-0.2, 0) is 14.3 Å². The molecule has 0 aromatic rings. The van der Waals surface area contributed by atoms with E-state index in [0.29, 0.717) is 19.4 Å². The van der Waals surface area contributed by atoms with E-state index >= 15 is 0 Å². The molecule has 1 amide bonds. The highest BCUT2D eigenvalue weighted by Gasteiger charge is 2.18. The Morgan fingerprint density at radius 1 is 0.303 bits per heavy atom. The second-order valence-electron chi connectivity index (χ2n) is 28.8. The highest BCUT2D eigenvalue weighted by Crippen LogP contribution is 2.21. The van der Waals surface area contributed by atoms with Gasteiger partial charge in [-0.2, -0.15) is 0 Å². The summed E-state index contributed by atoms with van der Waals surface area (Å²) in [5, 5.41) is 23.3. The van der Waals surface area contributed by atoms with E-state index in [4.69, 9.17) is 4.74 Å². The zero-order chi connectivity index (χ0) is 64.2. The highest BCUT2D eigenvalue weighted by molar-refractivity contribution is 5.76. The van der Waals surface area contributed by atoms with Crippen molar-refractivity contribution in [2.24, 2.45) is 0 Å². The molecule has 0 aromatic carbocycles. The number of amides is 1. The van der Waals surface area contributed by atoms with Crippen LogP contribution in [0.2, 0.25) is 0 Å². The highest BCUT2D eigenvalue weighted by atomic mass is 16.5. The van der Waals surface area contributed by atoms with Gasteiger partial charge in [0.1, 0.15) is 0 Å². The largest absolute Gasteiger partial charge is 0.466 e. The van der Waals surface area contributed by atoms with E-state index in [0.717, 1.165) is 38.5 Å². The molecule has 0 radical (unpaired) electrons. The topological polar surface area (TPSA) is 95.9 Å². The maximum atomic E-state index is 12.6. The first-order chi connectivity index (χ1) is 44.0. The van der Waals surface area contributed by atoms with Crippen LogP contribution in [-0.4, -0.2) is 47.4 Å². The third-order valence-corrected chi connectivity index (χ3v) is 19.8. The van der Waals surface area contributed by atoms with Crippen LogP contribution in [0.25, 0.3) is 0 Å². The molecular weight excluding hydrogens is 1090 g/mol. The fourth-order valence-corrected chi connectivity index (χ4v) is 13.5. The van der Waals surface area contributed by atoms with Crippen molar-refractivity contribution in [1.29, 1.82) is 0 Å². The van der Waals surface area contributed by atoms with E-state index in [1.165, 1.54) is 417 Å². The minimum absolute atomic E-state index is 0.0263. The van der Waals surface area contributed by atoms with Gasteiger partial charge in [0.15, 0.2) is 0 Å². The average Bonchev–Trinajstić information content (AvgIpc) is 3.57. The first-order valence-electron chi connectivity index (χ1n) is 41.5. The number of unbranched alkanes of at least 4 members (excludes halogenated alkanes) is 68. The fraction of sp³-hybridized carbons (Fsp3) is 0.952. The number of aliphatic hydroxyl groups excluding tert-OH is 2. The quantitative estimate of drug-likeness (QED) is 0.0320. The number of esters is 1. The SMILES string of the molecule is CCCCCCCCCCCCCCCCCCCCCCC/C=C/C(O)C(CO)NC(=O)CCCCCCCCCCCCCCCCCCCCCCCCCCCCCCCCCCCOC(=O)CCCCCCCCCCCCCCCCCC. The maximum Gasteiger partial charge on any atom is 0.305 e. The Hall–Kier alpha value is -1.40. The smallest absolute Gasteiger partial charge is 0.305 e. The zero-order valence-corrected chi connectivity index (χ0v) is 61.0. The molecule has 2 unspecified atom stereocenters. The van der Waals surface area contributed by atoms with Gasteiger partial charge in [-0.05, 0) is 32.1 Å². The van der Waals surface area contributed by atoms with E-state index in [-0.39, 0.29) is 18.5 Å². The standard InChI is InChI=1S/C83H163NO5/c1-3-5-7-9-11-13-15-17-19-21-22-23-35-38-41-44-47-51-55-59-63-67-71-75-81(86)80(79-85)84-82(87)76-72-68-64-60-56-52-48-45-42-39-36-33-31-29-27-25-24-26-28-30-32-34-37-40-43-46-50-54-58-62-66-70-74-78-89-83(88)77-73-69-65-61-57-53-49-20-18-16-14-12-10-8-6-4-2/h71,75,80-81,85-86H,3-70,72-74,76-79H2,1-2H3,(H,84,87)/b75-71+. The molecule has 2 atom stereocenters. The van der Waals surface area contributed by atoms with Crippen LogP contribution in [0.15, 0.2) is 12.2 Å². The summed E-state index contributed by atoms with van der Waals surface area (Å²) in [6.07, 6.45) is 101. The molecule has 0 spiro atoms. The number of rotatable bonds is 79. The summed E-state index contributed by atoms with van der Waals surface area (Å²) in [6.45, 7) is 4.97. The van der Waals surface area contributed by atoms with Gasteiger partial charge in [0, 0.05) is 12.8 Å². The summed E-state index contributed by atoms with van der Waals surface area (Å²) in [7, 11) is 0. The van der Waals surface area contributed by atoms with Crippen molar-refractivity contribution >= 4 is 11.9 Å². The Morgan fingerprint density at radius 3 is 0.764 bits per heavy atom. The van der Waals surface area contributed by atoms with Gasteiger partial charge >= 0.3 is 5.97 Å². The summed E-state index contributed by atoms with van der Waals surface area (Å²) in [5.41, 5.74) is 0. The monoisotopic (exact) mass is 1250 g/mol. The van der Waals surface area contributed by atoms with Gasteiger partial charge < -0.3 is 20.3 Å². The van der Waals surface area contributed by atoms with Crippen molar-refractivity contribution in [3.63, 3.8) is 0 Å². The lowest BCUT2D eigenvalue weighted by atomic mass is 10.0. The van der Waals surface area contributed by atoms with Crippen LogP contribution in [0.1, 0.15) is 483 Å². The van der Waals surface area contributed by atoms with E-state index in [1.54, 1.807) is 6.08 Å². The van der Waals surface area contributed by atoms with E-state index in [1.807, 2.05) is 6.08 Å². The van der Waals surface area contributed by atoms with Gasteiger partial charge in [-0.1, -0.05) is 450 Å². The normalized spacial score (nSPS) is 12.4. The minimum atomic E-state index is -0.842. The molecule has 6 heteroatoms. The van der Waals surface area contributed by atoms with Crippen molar-refractivity contribution in [3.8, 4) is 0 Å². The number of allylic oxidation sites excluding steroid dienone is 1. The average molecular weight is 1260 g/mol. The summed E-state index contributed by atoms with van der Waals surface area (Å²) >= 11 is 0. The van der Waals surface area contributed by atoms with E-state index in [9.17, 15) is 19.8 Å². The predicted octanol–water partition coefficient (Wildman–Crippen LogP) is 27.4. The van der Waals surface area contributed by atoms with Crippen molar-refractivity contribution < 1.29 is 24.5 Å². The second kappa shape index (κ2) is 79.0. The molecule has 0 saturated carbocycles. The fourth-order valence-electron chi connectivity index (χ4n) is 13.5. The van der Waals surface area contributed by atoms with Crippen LogP contribution in [0.5, 0.6) is 0 Å².